The molecule has 0 bridgehead atoms. The fraction of sp³-hybridized carbons (Fsp3) is 0.360. The van der Waals surface area contributed by atoms with Gasteiger partial charge >= 0.3 is 5.97 Å². The van der Waals surface area contributed by atoms with Gasteiger partial charge in [0, 0.05) is 40.1 Å². The summed E-state index contributed by atoms with van der Waals surface area (Å²) in [6.45, 7) is 6.13. The Balaban J connectivity index is 1.77. The maximum atomic E-state index is 13.4. The van der Waals surface area contributed by atoms with Gasteiger partial charge in [0.2, 0.25) is 0 Å². The molecule has 162 valence electrons. The number of nitrogens with one attached hydrogen (secondary N) is 1. The molecule has 0 unspecified atom stereocenters. The van der Waals surface area contributed by atoms with E-state index in [1.54, 1.807) is 29.5 Å². The fourth-order valence-corrected chi connectivity index (χ4v) is 5.22. The van der Waals surface area contributed by atoms with Crippen LogP contribution in [0.4, 0.5) is 0 Å². The van der Waals surface area contributed by atoms with Crippen LogP contribution in [0.5, 0.6) is 5.75 Å². The molecule has 0 saturated carbocycles. The monoisotopic (exact) mass is 437 g/mol. The third kappa shape index (κ3) is 4.30. The van der Waals surface area contributed by atoms with Gasteiger partial charge in [-0.3, -0.25) is 4.79 Å². The Morgan fingerprint density at radius 3 is 2.74 bits per heavy atom. The van der Waals surface area contributed by atoms with Crippen molar-refractivity contribution in [1.29, 1.82) is 0 Å². The number of Topliss-reactive ketones (excluding diaryl/α,β-unsaturated/α-hetero) is 1. The lowest BCUT2D eigenvalue weighted by Crippen LogP contribution is -2.36. The first-order valence-corrected chi connectivity index (χ1v) is 11.5. The number of thiophene rings is 1. The maximum Gasteiger partial charge on any atom is 0.336 e. The van der Waals surface area contributed by atoms with E-state index in [0.717, 1.165) is 5.70 Å². The van der Waals surface area contributed by atoms with Crippen LogP contribution in [-0.4, -0.2) is 23.5 Å². The first-order chi connectivity index (χ1) is 14.8. The molecule has 0 spiro atoms. The van der Waals surface area contributed by atoms with Crippen molar-refractivity contribution in [3.05, 3.63) is 74.8 Å². The molecule has 1 aliphatic heterocycles. The number of phenolic OH excluding ortho intramolecular Hbond substituents is 1. The molecule has 31 heavy (non-hydrogen) atoms. The van der Waals surface area contributed by atoms with Gasteiger partial charge in [0.1, 0.15) is 5.75 Å². The highest BCUT2D eigenvalue weighted by Crippen LogP contribution is 2.46. The summed E-state index contributed by atoms with van der Waals surface area (Å²) < 4.78 is 5.56. The van der Waals surface area contributed by atoms with Crippen LogP contribution in [0, 0.1) is 5.92 Å². The van der Waals surface area contributed by atoms with Crippen LogP contribution in [0.1, 0.15) is 55.9 Å². The number of ketones is 1. The van der Waals surface area contributed by atoms with E-state index in [2.05, 4.69) is 11.4 Å². The van der Waals surface area contributed by atoms with Gasteiger partial charge in [-0.1, -0.05) is 32.0 Å². The highest BCUT2D eigenvalue weighted by molar-refractivity contribution is 7.10. The Labute approximate surface area is 186 Å². The lowest BCUT2D eigenvalue weighted by atomic mass is 9.72. The zero-order valence-corrected chi connectivity index (χ0v) is 18.8. The van der Waals surface area contributed by atoms with E-state index >= 15 is 0 Å². The molecule has 2 atom stereocenters. The Bertz CT molecular complexity index is 1060. The molecule has 0 amide bonds. The van der Waals surface area contributed by atoms with Gasteiger partial charge in [0.15, 0.2) is 5.78 Å². The average molecular weight is 438 g/mol. The molecular formula is C25H27NO4S. The largest absolute Gasteiger partial charge is 0.508 e. The van der Waals surface area contributed by atoms with Gasteiger partial charge in [-0.15, -0.1) is 11.3 Å². The first kappa shape index (κ1) is 21.4. The van der Waals surface area contributed by atoms with Crippen LogP contribution in [0.15, 0.2) is 64.3 Å². The number of esters is 1. The van der Waals surface area contributed by atoms with Gasteiger partial charge < -0.3 is 15.2 Å². The van der Waals surface area contributed by atoms with Crippen LogP contribution < -0.4 is 5.32 Å². The quantitative estimate of drug-likeness (QED) is 0.643. The number of hydrogen-bond donors (Lipinski definition) is 2. The lowest BCUT2D eigenvalue weighted by molar-refractivity contribution is -0.140. The molecule has 1 aromatic carbocycles. The van der Waals surface area contributed by atoms with Gasteiger partial charge in [-0.25, -0.2) is 4.79 Å². The molecule has 5 nitrogen and oxygen atoms in total. The van der Waals surface area contributed by atoms with E-state index in [-0.39, 0.29) is 23.4 Å². The van der Waals surface area contributed by atoms with Crippen molar-refractivity contribution < 1.29 is 19.4 Å². The van der Waals surface area contributed by atoms with Gasteiger partial charge in [-0.2, -0.15) is 0 Å². The van der Waals surface area contributed by atoms with Crippen LogP contribution >= 0.6 is 11.3 Å². The molecule has 1 aromatic heterocycles. The Morgan fingerprint density at radius 1 is 1.26 bits per heavy atom. The zero-order chi connectivity index (χ0) is 22.1. The molecule has 4 rings (SSSR count). The second-order valence-corrected chi connectivity index (χ2v) is 9.60. The predicted octanol–water partition coefficient (Wildman–Crippen LogP) is 5.01. The summed E-state index contributed by atoms with van der Waals surface area (Å²) in [6.07, 6.45) is 1.12. The van der Waals surface area contributed by atoms with E-state index in [4.69, 9.17) is 4.74 Å². The second-order valence-electron chi connectivity index (χ2n) is 8.62. The molecular weight excluding hydrogens is 410 g/mol. The third-order valence-corrected chi connectivity index (χ3v) is 6.78. The minimum Gasteiger partial charge on any atom is -0.508 e. The van der Waals surface area contributed by atoms with Crippen molar-refractivity contribution in [3.63, 3.8) is 0 Å². The first-order valence-electron chi connectivity index (χ1n) is 10.6. The number of carbonyl (C=O) groups excluding carboxylic acids is 2. The van der Waals surface area contributed by atoms with Crippen LogP contribution in [0.3, 0.4) is 0 Å². The number of carbonyl (C=O) groups is 2. The number of rotatable bonds is 5. The van der Waals surface area contributed by atoms with E-state index in [0.29, 0.717) is 41.9 Å². The SMILES string of the molecule is CC1=C(C(=O)OCC(C)C)[C@@H](c2cccc(O)c2)C2=C(C[C@H](c3cccs3)CC2=O)N1. The van der Waals surface area contributed by atoms with Gasteiger partial charge in [0.05, 0.1) is 12.2 Å². The molecule has 2 aromatic rings. The van der Waals surface area contributed by atoms with Crippen LogP contribution in [0.25, 0.3) is 0 Å². The highest BCUT2D eigenvalue weighted by Gasteiger charge is 2.41. The lowest BCUT2D eigenvalue weighted by Gasteiger charge is -2.36. The summed E-state index contributed by atoms with van der Waals surface area (Å²) in [7, 11) is 0. The number of phenols is 1. The smallest absolute Gasteiger partial charge is 0.336 e. The predicted molar refractivity (Wildman–Crippen MR) is 121 cm³/mol. The molecule has 1 aliphatic carbocycles. The number of benzene rings is 1. The Morgan fingerprint density at radius 2 is 2.06 bits per heavy atom. The molecule has 6 heteroatoms. The standard InChI is InChI=1S/C25H27NO4S/c1-14(2)13-30-25(29)22-15(3)26-19-11-17(21-8-5-9-31-21)12-20(28)24(19)23(22)16-6-4-7-18(27)10-16/h4-10,14,17,23,26-27H,11-13H2,1-3H3/t17-,23+/m0/s1. The summed E-state index contributed by atoms with van der Waals surface area (Å²) >= 11 is 1.66. The van der Waals surface area contributed by atoms with Crippen molar-refractivity contribution in [1.82, 2.24) is 5.32 Å². The summed E-state index contributed by atoms with van der Waals surface area (Å²) in [4.78, 5) is 27.7. The van der Waals surface area contributed by atoms with Crippen LogP contribution in [-0.2, 0) is 14.3 Å². The molecule has 2 heterocycles. The van der Waals surface area contributed by atoms with E-state index < -0.39 is 11.9 Å². The molecule has 0 fully saturated rings. The van der Waals surface area contributed by atoms with E-state index in [1.165, 1.54) is 4.88 Å². The minimum atomic E-state index is -0.556. The number of aromatic hydroxyl groups is 1. The number of ether oxygens (including phenoxy) is 1. The Kier molecular flexibility index (Phi) is 6.01. The normalized spacial score (nSPS) is 21.2. The topological polar surface area (TPSA) is 75.6 Å². The van der Waals surface area contributed by atoms with Crippen molar-refractivity contribution >= 4 is 23.1 Å². The van der Waals surface area contributed by atoms with Crippen molar-refractivity contribution in [2.45, 2.75) is 45.4 Å². The molecule has 0 radical (unpaired) electrons. The molecule has 2 N–H and O–H groups in total. The van der Waals surface area contributed by atoms with Crippen molar-refractivity contribution in [2.24, 2.45) is 5.92 Å². The second kappa shape index (κ2) is 8.71. The average Bonchev–Trinajstić information content (AvgIpc) is 3.25. The summed E-state index contributed by atoms with van der Waals surface area (Å²) in [5.41, 5.74) is 3.32. The zero-order valence-electron chi connectivity index (χ0n) is 18.0. The van der Waals surface area contributed by atoms with Crippen molar-refractivity contribution in [2.75, 3.05) is 6.61 Å². The van der Waals surface area contributed by atoms with Crippen molar-refractivity contribution in [3.8, 4) is 5.75 Å². The fourth-order valence-electron chi connectivity index (χ4n) is 4.39. The van der Waals surface area contributed by atoms with E-state index in [9.17, 15) is 14.7 Å². The molecule has 2 aliphatic rings. The maximum absolute atomic E-state index is 13.4. The third-order valence-electron chi connectivity index (χ3n) is 5.74. The minimum absolute atomic E-state index is 0.0298. The summed E-state index contributed by atoms with van der Waals surface area (Å²) in [6, 6.07) is 10.9. The Hall–Kier alpha value is -2.86. The molecule has 0 saturated heterocycles. The van der Waals surface area contributed by atoms with Gasteiger partial charge in [0.25, 0.3) is 0 Å². The number of hydrogen-bond acceptors (Lipinski definition) is 6. The van der Waals surface area contributed by atoms with Gasteiger partial charge in [-0.05, 0) is 48.4 Å². The van der Waals surface area contributed by atoms with E-state index in [1.807, 2.05) is 38.3 Å². The van der Waals surface area contributed by atoms with Crippen LogP contribution in [0.2, 0.25) is 0 Å². The summed E-state index contributed by atoms with van der Waals surface area (Å²) in [5, 5.41) is 15.5. The summed E-state index contributed by atoms with van der Waals surface area (Å²) in [5.74, 6) is -0.511. The number of dihydropyridines is 1. The number of allylic oxidation sites excluding steroid dienone is 3. The highest BCUT2D eigenvalue weighted by atomic mass is 32.1.